The molecular weight excluding hydrogens is 378 g/mol. The molecule has 0 bridgehead atoms. The van der Waals surface area contributed by atoms with Gasteiger partial charge in [-0.15, -0.1) is 24.2 Å². The minimum atomic E-state index is -0.458. The number of thioether (sulfide) groups is 1. The van der Waals surface area contributed by atoms with Gasteiger partial charge < -0.3 is 15.4 Å². The SMILES string of the molecule is COc1ccc(CSCC(=O)N2CCCC(C(C)N)C2)cc1[N+](=O)[O-].Cl. The number of amides is 1. The molecular formula is C17H26ClN3O4S. The second-order valence-corrected chi connectivity index (χ2v) is 7.34. The van der Waals surface area contributed by atoms with Crippen molar-refractivity contribution in [3.63, 3.8) is 0 Å². The van der Waals surface area contributed by atoms with E-state index in [1.54, 1.807) is 12.1 Å². The van der Waals surface area contributed by atoms with E-state index in [0.717, 1.165) is 31.5 Å². The van der Waals surface area contributed by atoms with Gasteiger partial charge in [0.05, 0.1) is 17.8 Å². The zero-order valence-corrected chi connectivity index (χ0v) is 16.7. The summed E-state index contributed by atoms with van der Waals surface area (Å²) in [5.41, 5.74) is 6.71. The van der Waals surface area contributed by atoms with Crippen LogP contribution >= 0.6 is 24.2 Å². The molecule has 0 radical (unpaired) electrons. The van der Waals surface area contributed by atoms with E-state index < -0.39 is 4.92 Å². The highest BCUT2D eigenvalue weighted by atomic mass is 35.5. The first-order chi connectivity index (χ1) is 11.9. The van der Waals surface area contributed by atoms with E-state index in [4.69, 9.17) is 10.5 Å². The summed E-state index contributed by atoms with van der Waals surface area (Å²) in [6, 6.07) is 4.98. The average Bonchev–Trinajstić information content (AvgIpc) is 2.61. The summed E-state index contributed by atoms with van der Waals surface area (Å²) in [6.07, 6.45) is 2.07. The van der Waals surface area contributed by atoms with Gasteiger partial charge in [-0.25, -0.2) is 0 Å². The van der Waals surface area contributed by atoms with Gasteiger partial charge >= 0.3 is 5.69 Å². The number of nitrogens with zero attached hydrogens (tertiary/aromatic N) is 2. The minimum Gasteiger partial charge on any atom is -0.490 e. The maximum atomic E-state index is 12.4. The number of likely N-dealkylation sites (tertiary alicyclic amines) is 1. The molecule has 1 aromatic carbocycles. The topological polar surface area (TPSA) is 98.7 Å². The van der Waals surface area contributed by atoms with E-state index in [1.165, 1.54) is 24.9 Å². The first-order valence-electron chi connectivity index (χ1n) is 8.34. The fourth-order valence-electron chi connectivity index (χ4n) is 2.98. The van der Waals surface area contributed by atoms with Gasteiger partial charge in [0.1, 0.15) is 0 Å². The number of nitro groups is 1. The molecule has 2 atom stereocenters. The number of rotatable bonds is 7. The number of nitrogens with two attached hydrogens (primary N) is 1. The molecule has 146 valence electrons. The largest absolute Gasteiger partial charge is 0.490 e. The Hall–Kier alpha value is -1.51. The van der Waals surface area contributed by atoms with E-state index in [2.05, 4.69) is 0 Å². The summed E-state index contributed by atoms with van der Waals surface area (Å²) in [4.78, 5) is 24.9. The number of piperidine rings is 1. The zero-order chi connectivity index (χ0) is 18.4. The number of ether oxygens (including phenoxy) is 1. The van der Waals surface area contributed by atoms with E-state index in [1.807, 2.05) is 11.8 Å². The number of carbonyl (C=O) groups excluding carboxylic acids is 1. The number of benzene rings is 1. The van der Waals surface area contributed by atoms with E-state index in [0.29, 0.717) is 17.4 Å². The predicted molar refractivity (Wildman–Crippen MR) is 106 cm³/mol. The molecule has 9 heteroatoms. The van der Waals surface area contributed by atoms with Gasteiger partial charge in [-0.05, 0) is 37.3 Å². The van der Waals surface area contributed by atoms with Crippen molar-refractivity contribution in [3.8, 4) is 5.75 Å². The third-order valence-electron chi connectivity index (χ3n) is 4.49. The number of hydrogen-bond donors (Lipinski definition) is 1. The number of halogens is 1. The lowest BCUT2D eigenvalue weighted by Crippen LogP contribution is -2.45. The van der Waals surface area contributed by atoms with Crippen molar-refractivity contribution in [2.75, 3.05) is 26.0 Å². The highest BCUT2D eigenvalue weighted by Crippen LogP contribution is 2.29. The van der Waals surface area contributed by atoms with Crippen LogP contribution < -0.4 is 10.5 Å². The molecule has 0 aliphatic carbocycles. The van der Waals surface area contributed by atoms with Gasteiger partial charge in [0.2, 0.25) is 5.91 Å². The molecule has 1 heterocycles. The first-order valence-corrected chi connectivity index (χ1v) is 9.50. The van der Waals surface area contributed by atoms with Crippen molar-refractivity contribution in [1.82, 2.24) is 4.90 Å². The Morgan fingerprint density at radius 2 is 2.27 bits per heavy atom. The molecule has 0 spiro atoms. The summed E-state index contributed by atoms with van der Waals surface area (Å²) >= 11 is 1.47. The summed E-state index contributed by atoms with van der Waals surface area (Å²) < 4.78 is 4.99. The normalized spacial score (nSPS) is 18.0. The van der Waals surface area contributed by atoms with Crippen molar-refractivity contribution in [1.29, 1.82) is 0 Å². The lowest BCUT2D eigenvalue weighted by molar-refractivity contribution is -0.385. The van der Waals surface area contributed by atoms with Gasteiger partial charge in [-0.1, -0.05) is 6.07 Å². The maximum Gasteiger partial charge on any atom is 0.311 e. The molecule has 1 saturated heterocycles. The summed E-state index contributed by atoms with van der Waals surface area (Å²) in [5.74, 6) is 1.63. The number of methoxy groups -OCH3 is 1. The molecule has 1 amide bonds. The molecule has 2 unspecified atom stereocenters. The van der Waals surface area contributed by atoms with Gasteiger partial charge in [0.15, 0.2) is 5.75 Å². The fourth-order valence-corrected chi connectivity index (χ4v) is 3.86. The van der Waals surface area contributed by atoms with Crippen LogP contribution in [-0.4, -0.2) is 47.7 Å². The minimum absolute atomic E-state index is 0. The van der Waals surface area contributed by atoms with Gasteiger partial charge in [-0.3, -0.25) is 14.9 Å². The summed E-state index contributed by atoms with van der Waals surface area (Å²) in [7, 11) is 1.41. The van der Waals surface area contributed by atoms with Crippen LogP contribution in [-0.2, 0) is 10.5 Å². The Kier molecular flexibility index (Phi) is 9.18. The third kappa shape index (κ3) is 6.03. The molecule has 1 fully saturated rings. The van der Waals surface area contributed by atoms with Crippen LogP contribution in [0.15, 0.2) is 18.2 Å². The standard InChI is InChI=1S/C17H25N3O4S.ClH/c1-12(18)14-4-3-7-19(9-14)17(21)11-25-10-13-5-6-16(24-2)15(8-13)20(22)23;/h5-6,8,12,14H,3-4,7,9-11,18H2,1-2H3;1H. The van der Waals surface area contributed by atoms with Crippen molar-refractivity contribution < 1.29 is 14.5 Å². The summed E-state index contributed by atoms with van der Waals surface area (Å²) in [5, 5.41) is 11.1. The average molecular weight is 404 g/mol. The van der Waals surface area contributed by atoms with Gasteiger partial charge in [0.25, 0.3) is 0 Å². The van der Waals surface area contributed by atoms with Crippen LogP contribution in [0.3, 0.4) is 0 Å². The molecule has 7 nitrogen and oxygen atoms in total. The lowest BCUT2D eigenvalue weighted by Gasteiger charge is -2.34. The van der Waals surface area contributed by atoms with Crippen molar-refractivity contribution in [2.45, 2.75) is 31.6 Å². The smallest absolute Gasteiger partial charge is 0.311 e. The number of carbonyl (C=O) groups is 1. The van der Waals surface area contributed by atoms with Gasteiger partial charge in [-0.2, -0.15) is 0 Å². The Labute approximate surface area is 164 Å². The van der Waals surface area contributed by atoms with Gasteiger partial charge in [0, 0.05) is 31.0 Å². The van der Waals surface area contributed by atoms with Crippen molar-refractivity contribution in [3.05, 3.63) is 33.9 Å². The monoisotopic (exact) mass is 403 g/mol. The number of hydrogen-bond acceptors (Lipinski definition) is 6. The molecule has 0 saturated carbocycles. The van der Waals surface area contributed by atoms with Crippen LogP contribution in [0.5, 0.6) is 5.75 Å². The zero-order valence-electron chi connectivity index (χ0n) is 15.1. The maximum absolute atomic E-state index is 12.4. The van der Waals surface area contributed by atoms with Crippen LogP contribution in [0.25, 0.3) is 0 Å². The third-order valence-corrected chi connectivity index (χ3v) is 5.48. The fraction of sp³-hybridized carbons (Fsp3) is 0.588. The second-order valence-electron chi connectivity index (χ2n) is 6.36. The van der Waals surface area contributed by atoms with Crippen LogP contribution in [0.1, 0.15) is 25.3 Å². The van der Waals surface area contributed by atoms with E-state index in [9.17, 15) is 14.9 Å². The highest BCUT2D eigenvalue weighted by Gasteiger charge is 2.25. The summed E-state index contributed by atoms with van der Waals surface area (Å²) in [6.45, 7) is 3.51. The van der Waals surface area contributed by atoms with Crippen molar-refractivity contribution in [2.24, 2.45) is 11.7 Å². The Morgan fingerprint density at radius 3 is 2.88 bits per heavy atom. The second kappa shape index (κ2) is 10.6. The Balaban J connectivity index is 0.00000338. The molecule has 26 heavy (non-hydrogen) atoms. The molecule has 1 aromatic rings. The molecule has 1 aliphatic rings. The predicted octanol–water partition coefficient (Wildman–Crippen LogP) is 2.84. The van der Waals surface area contributed by atoms with Crippen LogP contribution in [0, 0.1) is 16.0 Å². The van der Waals surface area contributed by atoms with E-state index >= 15 is 0 Å². The first kappa shape index (κ1) is 22.5. The molecule has 2 N–H and O–H groups in total. The highest BCUT2D eigenvalue weighted by molar-refractivity contribution is 7.99. The quantitative estimate of drug-likeness (QED) is 0.555. The number of nitro benzene ring substituents is 1. The van der Waals surface area contributed by atoms with E-state index in [-0.39, 0.29) is 35.8 Å². The molecule has 2 rings (SSSR count). The Morgan fingerprint density at radius 1 is 1.54 bits per heavy atom. The lowest BCUT2D eigenvalue weighted by atomic mass is 9.92. The molecule has 0 aromatic heterocycles. The van der Waals surface area contributed by atoms with Crippen LogP contribution in [0.4, 0.5) is 5.69 Å². The van der Waals surface area contributed by atoms with Crippen LogP contribution in [0.2, 0.25) is 0 Å². The van der Waals surface area contributed by atoms with Crippen molar-refractivity contribution >= 4 is 35.8 Å². The Bertz CT molecular complexity index is 630. The molecule has 1 aliphatic heterocycles.